The maximum atomic E-state index is 14.8. The van der Waals surface area contributed by atoms with Gasteiger partial charge in [-0.2, -0.15) is 4.98 Å². The fourth-order valence-electron chi connectivity index (χ4n) is 14.3. The first kappa shape index (κ1) is 88.0. The summed E-state index contributed by atoms with van der Waals surface area (Å²) in [5.74, 6) is -7.49. The van der Waals surface area contributed by atoms with E-state index in [0.29, 0.717) is 160 Å². The molecular formula is C77H119N11O20. The van der Waals surface area contributed by atoms with Gasteiger partial charge in [0.05, 0.1) is 82.8 Å². The lowest BCUT2D eigenvalue weighted by Crippen LogP contribution is -2.61. The lowest BCUT2D eigenvalue weighted by Gasteiger charge is -2.43. The number of aliphatic hydroxyl groups is 3. The number of rotatable bonds is 27. The van der Waals surface area contributed by atoms with Crippen LogP contribution in [0.2, 0.25) is 0 Å². The standard InChI is InChI=1S/C77H119N11O20/c1-48-16-12-11-13-17-49(2)62(99-8)42-57-21-19-53(6)77(98,108-57)69(93)72(95)88-25-15-14-18-60(88)73(96)106-64(43-63(100-9)50(3)39-52(5)67(91)68(92)66(90)51(4)38-48)59(78)40-55-20-22-61(65(41-55)101-10)107-76(97)84-46-56-44-81-74(82-45-56)86-26-28-87(29-27-86)75-83-47-58(70(79)85-75)71(94)80-24-31-103-33-35-105-37-36-104-34-32-102-30-23-54(7)89/h11-13,16-17,39,44-45,47-48,50-51,53,55,57,59-65,67-68,91-92,98H,14-15,18-38,40-43,46,78H2,1-10H3,(H,80,94)(H,84,97)(H2,79,83,85)/b13-11+,16-12+,49-17+,52-39+/t48-,50-,51-,53-,55+,57+,59-,60+,61-,62+,63-,64+,65-,67-,68+,77-/m1/s1. The number of hydrogen-bond donors (Lipinski definition) is 7. The van der Waals surface area contributed by atoms with Crippen molar-refractivity contribution in [3.8, 4) is 0 Å². The molecule has 31 nitrogen and oxygen atoms in total. The number of amides is 3. The molecule has 4 aliphatic heterocycles. The van der Waals surface area contributed by atoms with Gasteiger partial charge >= 0.3 is 12.1 Å². The second-order valence-electron chi connectivity index (χ2n) is 29.2. The molecule has 108 heavy (non-hydrogen) atoms. The number of anilines is 3. The number of esters is 1. The van der Waals surface area contributed by atoms with Crippen molar-refractivity contribution in [3.05, 3.63) is 77.3 Å². The van der Waals surface area contributed by atoms with Crippen LogP contribution in [-0.2, 0) is 77.9 Å². The van der Waals surface area contributed by atoms with Gasteiger partial charge < -0.3 is 99.5 Å². The maximum Gasteiger partial charge on any atom is 0.407 e. The van der Waals surface area contributed by atoms with Crippen LogP contribution in [0.15, 0.2) is 66.2 Å². The molecule has 2 aromatic heterocycles. The number of carbonyl (C=O) groups excluding carboxylic acids is 7. The molecule has 4 fully saturated rings. The van der Waals surface area contributed by atoms with E-state index in [9.17, 15) is 48.9 Å². The summed E-state index contributed by atoms with van der Waals surface area (Å²) in [6.07, 6.45) is 12.6. The number of Topliss-reactive ketones (excluding diaryl/α,β-unsaturated/α-hetero) is 3. The molecule has 31 heteroatoms. The number of allylic oxidation sites excluding steroid dienone is 5. The Morgan fingerprint density at radius 1 is 0.704 bits per heavy atom. The summed E-state index contributed by atoms with van der Waals surface area (Å²) in [5, 5.41) is 40.5. The van der Waals surface area contributed by atoms with Crippen LogP contribution in [-0.4, -0.2) is 262 Å². The van der Waals surface area contributed by atoms with Gasteiger partial charge in [0.25, 0.3) is 17.6 Å². The zero-order chi connectivity index (χ0) is 78.5. The van der Waals surface area contributed by atoms with Crippen LogP contribution in [0.3, 0.4) is 0 Å². The highest BCUT2D eigenvalue weighted by Gasteiger charge is 2.53. The lowest BCUT2D eigenvalue weighted by molar-refractivity contribution is -0.265. The summed E-state index contributed by atoms with van der Waals surface area (Å²) in [5.41, 5.74) is 15.4. The summed E-state index contributed by atoms with van der Waals surface area (Å²) < 4.78 is 58.3. The average molecular weight is 1520 g/mol. The molecule has 5 aliphatic rings. The van der Waals surface area contributed by atoms with Crippen molar-refractivity contribution in [2.45, 2.75) is 205 Å². The van der Waals surface area contributed by atoms with Gasteiger partial charge in [-0.15, -0.1) is 0 Å². The molecule has 0 unspecified atom stereocenters. The second kappa shape index (κ2) is 44.5. The van der Waals surface area contributed by atoms with Gasteiger partial charge in [-0.3, -0.25) is 24.0 Å². The van der Waals surface area contributed by atoms with E-state index in [-0.39, 0.29) is 74.5 Å². The number of ketones is 3. The maximum absolute atomic E-state index is 14.8. The van der Waals surface area contributed by atoms with E-state index in [1.54, 1.807) is 46.4 Å². The van der Waals surface area contributed by atoms with Crippen LogP contribution in [0.5, 0.6) is 0 Å². The molecular weight excluding hydrogens is 1400 g/mol. The van der Waals surface area contributed by atoms with Gasteiger partial charge in [0.15, 0.2) is 5.78 Å². The lowest BCUT2D eigenvalue weighted by atomic mass is 9.80. The number of methoxy groups -OCH3 is 3. The minimum atomic E-state index is -2.49. The first-order valence-corrected chi connectivity index (χ1v) is 38.1. The Balaban J connectivity index is 0.917. The van der Waals surface area contributed by atoms with Crippen molar-refractivity contribution < 1.29 is 96.2 Å². The topological polar surface area (TPSA) is 410 Å². The number of nitrogens with zero attached hydrogens (tertiary/aromatic N) is 7. The molecule has 2 aromatic rings. The number of aromatic nitrogens is 4. The number of piperazine rings is 1. The van der Waals surface area contributed by atoms with E-state index in [1.165, 1.54) is 32.2 Å². The molecule has 6 heterocycles. The summed E-state index contributed by atoms with van der Waals surface area (Å²) in [4.78, 5) is 118. The SMILES string of the molecule is CO[C@H]1C[C@@H]2CC[C@@H](C)[C@@](O)(O2)C(=O)C(=O)N2CCCC[C@H]2C(=O)O[C@H]([C@H](N)C[C@@H]2CC[C@@H](OC(=O)NCc3cnc(N4CCN(c5ncc(C(=O)NCCOCCOCCOCCOCCC(C)=O)c(N)n5)CC4)nc3)[C@H](OC)C2)C[C@@H](OC)[C@H](C)/C=C(\C)[C@@H](O)[C@@H](O)C(=O)[C@H](C)C[C@H](C)/C=C/C=C/C=C/1C. The second-order valence-corrected chi connectivity index (χ2v) is 29.2. The zero-order valence-corrected chi connectivity index (χ0v) is 64.7. The molecule has 3 saturated heterocycles. The predicted molar refractivity (Wildman–Crippen MR) is 400 cm³/mol. The van der Waals surface area contributed by atoms with Crippen LogP contribution in [0.1, 0.15) is 148 Å². The highest BCUT2D eigenvalue weighted by atomic mass is 16.6. The number of cyclic esters (lactones) is 1. The van der Waals surface area contributed by atoms with E-state index in [1.807, 2.05) is 61.0 Å². The fraction of sp³-hybridized carbons (Fsp3) is 0.701. The van der Waals surface area contributed by atoms with Crippen LogP contribution in [0, 0.1) is 29.6 Å². The molecule has 16 atom stereocenters. The van der Waals surface area contributed by atoms with Crippen molar-refractivity contribution in [1.29, 1.82) is 0 Å². The first-order valence-electron chi connectivity index (χ1n) is 38.1. The van der Waals surface area contributed by atoms with Gasteiger partial charge in [-0.1, -0.05) is 64.2 Å². The Morgan fingerprint density at radius 3 is 2.00 bits per heavy atom. The highest BCUT2D eigenvalue weighted by molar-refractivity contribution is 6.39. The molecule has 9 N–H and O–H groups in total. The summed E-state index contributed by atoms with van der Waals surface area (Å²) in [6.45, 7) is 17.6. The monoisotopic (exact) mass is 1520 g/mol. The number of hydrogen-bond acceptors (Lipinski definition) is 28. The predicted octanol–water partition coefficient (Wildman–Crippen LogP) is 4.86. The molecule has 0 aromatic carbocycles. The minimum absolute atomic E-state index is 0.0262. The third-order valence-corrected chi connectivity index (χ3v) is 21.0. The number of nitrogen functional groups attached to an aromatic ring is 1. The summed E-state index contributed by atoms with van der Waals surface area (Å²) in [7, 11) is 4.59. The number of aliphatic hydroxyl groups excluding tert-OH is 2. The molecule has 1 saturated carbocycles. The number of ether oxygens (including phenoxy) is 10. The highest BCUT2D eigenvalue weighted by Crippen LogP contribution is 2.38. The fourth-order valence-corrected chi connectivity index (χ4v) is 14.3. The van der Waals surface area contributed by atoms with Crippen LogP contribution in [0.25, 0.3) is 0 Å². The summed E-state index contributed by atoms with van der Waals surface area (Å²) in [6, 6.07) is -2.06. The number of fused-ring (bicyclic) bond motifs is 3. The molecule has 7 rings (SSSR count). The Kier molecular flexibility index (Phi) is 36.3. The van der Waals surface area contributed by atoms with Crippen LogP contribution < -0.4 is 31.9 Å². The van der Waals surface area contributed by atoms with E-state index in [2.05, 4.69) is 30.6 Å². The average Bonchev–Trinajstić information content (AvgIpc) is 0.772. The Morgan fingerprint density at radius 2 is 1.35 bits per heavy atom. The van der Waals surface area contributed by atoms with E-state index in [4.69, 9.17) is 58.8 Å². The molecule has 2 bridgehead atoms. The third kappa shape index (κ3) is 26.5. The van der Waals surface area contributed by atoms with Gasteiger partial charge in [-0.25, -0.2) is 24.5 Å². The largest absolute Gasteiger partial charge is 0.459 e. The molecule has 0 spiro atoms. The van der Waals surface area contributed by atoms with Gasteiger partial charge in [0.2, 0.25) is 17.7 Å². The number of nitrogens with one attached hydrogen (secondary N) is 2. The van der Waals surface area contributed by atoms with Crippen molar-refractivity contribution in [2.75, 3.05) is 129 Å². The summed E-state index contributed by atoms with van der Waals surface area (Å²) >= 11 is 0. The van der Waals surface area contributed by atoms with E-state index < -0.39 is 120 Å². The van der Waals surface area contributed by atoms with Gasteiger partial charge in [0, 0.05) is 134 Å². The van der Waals surface area contributed by atoms with E-state index >= 15 is 0 Å². The van der Waals surface area contributed by atoms with Gasteiger partial charge in [0.1, 0.15) is 42.1 Å². The van der Waals surface area contributed by atoms with Crippen molar-refractivity contribution in [3.63, 3.8) is 0 Å². The molecule has 0 radical (unpaired) electrons. The smallest absolute Gasteiger partial charge is 0.407 e. The normalized spacial score (nSPS) is 30.4. The van der Waals surface area contributed by atoms with Crippen LogP contribution >= 0.6 is 0 Å². The van der Waals surface area contributed by atoms with Crippen molar-refractivity contribution in [1.82, 2.24) is 35.5 Å². The molecule has 602 valence electrons. The van der Waals surface area contributed by atoms with Crippen molar-refractivity contribution >= 4 is 58.9 Å². The van der Waals surface area contributed by atoms with Gasteiger partial charge in [-0.05, 0) is 108 Å². The molecule has 1 aliphatic carbocycles. The van der Waals surface area contributed by atoms with Crippen LogP contribution in [0.4, 0.5) is 22.5 Å². The van der Waals surface area contributed by atoms with Crippen molar-refractivity contribution in [2.24, 2.45) is 35.3 Å². The molecule has 3 amide bonds. The van der Waals surface area contributed by atoms with E-state index in [0.717, 1.165) is 5.57 Å². The minimum Gasteiger partial charge on any atom is -0.459 e. The number of alkyl carbamates (subject to hydrolysis) is 1. The Labute approximate surface area is 634 Å². The number of nitrogens with two attached hydrogens (primary N) is 2. The zero-order valence-electron chi connectivity index (χ0n) is 64.7. The quantitative estimate of drug-likeness (QED) is 0.0272. The number of piperidine rings is 1. The Bertz CT molecular complexity index is 3340. The number of carbonyl (C=O) groups is 7. The first-order chi connectivity index (χ1) is 51.7. The Hall–Kier alpha value is -7.27. The third-order valence-electron chi connectivity index (χ3n) is 21.0.